The van der Waals surface area contributed by atoms with Gasteiger partial charge in [0.05, 0.1) is 11.0 Å². The van der Waals surface area contributed by atoms with Crippen molar-refractivity contribution in [2.45, 2.75) is 51.5 Å². The average molecular weight is 477 g/mol. The molecule has 4 heterocycles. The quantitative estimate of drug-likeness (QED) is 0.378. The highest BCUT2D eigenvalue weighted by Gasteiger charge is 2.27. The van der Waals surface area contributed by atoms with E-state index in [4.69, 9.17) is 0 Å². The second kappa shape index (κ2) is 9.89. The first-order valence-corrected chi connectivity index (χ1v) is 12.5. The second-order valence-electron chi connectivity index (χ2n) is 9.22. The minimum atomic E-state index is -0.189. The number of aromatic nitrogens is 6. The van der Waals surface area contributed by atoms with Gasteiger partial charge in [0.25, 0.3) is 5.91 Å². The lowest BCUT2D eigenvalue weighted by Gasteiger charge is -2.33. The number of hydrogen-bond acceptors (Lipinski definition) is 6. The molecule has 0 aliphatic carbocycles. The summed E-state index contributed by atoms with van der Waals surface area (Å²) in [6, 6.07) is 7.92. The van der Waals surface area contributed by atoms with Gasteiger partial charge in [0.1, 0.15) is 6.33 Å². The Morgan fingerprint density at radius 3 is 2.74 bits per heavy atom. The summed E-state index contributed by atoms with van der Waals surface area (Å²) in [5.74, 6) is 0.889. The van der Waals surface area contributed by atoms with Crippen molar-refractivity contribution in [1.82, 2.24) is 34.4 Å². The van der Waals surface area contributed by atoms with Crippen LogP contribution >= 0.6 is 0 Å². The number of para-hydroxylation sites is 2. The second-order valence-corrected chi connectivity index (χ2v) is 9.22. The van der Waals surface area contributed by atoms with Gasteiger partial charge in [-0.15, -0.1) is 0 Å². The maximum atomic E-state index is 12.8. The van der Waals surface area contributed by atoms with Crippen LogP contribution in [0.4, 0.5) is 5.82 Å². The number of anilines is 1. The van der Waals surface area contributed by atoms with Crippen molar-refractivity contribution in [3.05, 3.63) is 46.9 Å². The van der Waals surface area contributed by atoms with Gasteiger partial charge in [-0.3, -0.25) is 9.36 Å². The van der Waals surface area contributed by atoms with Crippen molar-refractivity contribution in [2.75, 3.05) is 24.5 Å². The Hall–Kier alpha value is -3.69. The Labute approximate surface area is 203 Å². The Balaban J connectivity index is 1.32. The number of unbranched alkanes of at least 4 members (excludes halogenated alkanes) is 3. The first-order chi connectivity index (χ1) is 17.1. The highest BCUT2D eigenvalue weighted by atomic mass is 16.2. The molecule has 0 atom stereocenters. The van der Waals surface area contributed by atoms with E-state index in [1.165, 1.54) is 12.7 Å². The SMILES string of the molecule is CCCCCCNC(=O)c1nc2c(N3CCC(n4c(=O)[nH]c5ccccc54)CC3)ncnc2n1C. The van der Waals surface area contributed by atoms with Crippen molar-refractivity contribution in [3.63, 3.8) is 0 Å². The smallest absolute Gasteiger partial charge is 0.326 e. The van der Waals surface area contributed by atoms with Gasteiger partial charge in [-0.05, 0) is 31.4 Å². The lowest BCUT2D eigenvalue weighted by Crippen LogP contribution is -2.37. The number of nitrogens with one attached hydrogen (secondary N) is 2. The van der Waals surface area contributed by atoms with Gasteiger partial charge in [0, 0.05) is 32.7 Å². The zero-order valence-electron chi connectivity index (χ0n) is 20.3. The van der Waals surface area contributed by atoms with Crippen LogP contribution in [-0.4, -0.2) is 54.6 Å². The lowest BCUT2D eigenvalue weighted by molar-refractivity contribution is 0.0940. The molecule has 10 heteroatoms. The predicted molar refractivity (Wildman–Crippen MR) is 136 cm³/mol. The zero-order valence-corrected chi connectivity index (χ0v) is 20.3. The first kappa shape index (κ1) is 23.1. The van der Waals surface area contributed by atoms with Crippen LogP contribution in [0, 0.1) is 0 Å². The number of hydrogen-bond donors (Lipinski definition) is 2. The number of benzene rings is 1. The van der Waals surface area contributed by atoms with Crippen LogP contribution in [0.2, 0.25) is 0 Å². The summed E-state index contributed by atoms with van der Waals surface area (Å²) >= 11 is 0. The molecular formula is C25H32N8O2. The van der Waals surface area contributed by atoms with E-state index in [2.05, 4.69) is 37.1 Å². The number of H-pyrrole nitrogens is 1. The van der Waals surface area contributed by atoms with Gasteiger partial charge in [-0.1, -0.05) is 38.3 Å². The van der Waals surface area contributed by atoms with E-state index < -0.39 is 0 Å². The Morgan fingerprint density at radius 1 is 1.14 bits per heavy atom. The summed E-state index contributed by atoms with van der Waals surface area (Å²) in [6.07, 6.45) is 7.56. The van der Waals surface area contributed by atoms with E-state index in [1.54, 1.807) is 4.57 Å². The maximum Gasteiger partial charge on any atom is 0.326 e. The molecule has 3 aromatic heterocycles. The highest BCUT2D eigenvalue weighted by molar-refractivity contribution is 5.96. The fraction of sp³-hybridized carbons (Fsp3) is 0.480. The number of carbonyl (C=O) groups is 1. The number of imidazole rings is 2. The van der Waals surface area contributed by atoms with Crippen LogP contribution in [0.3, 0.4) is 0 Å². The van der Waals surface area contributed by atoms with Gasteiger partial charge in [-0.25, -0.2) is 19.7 Å². The third-order valence-corrected chi connectivity index (χ3v) is 6.91. The highest BCUT2D eigenvalue weighted by Crippen LogP contribution is 2.30. The summed E-state index contributed by atoms with van der Waals surface area (Å²) < 4.78 is 3.62. The summed E-state index contributed by atoms with van der Waals surface area (Å²) in [6.45, 7) is 4.28. The molecule has 5 rings (SSSR count). The molecule has 1 amide bonds. The molecule has 0 saturated carbocycles. The zero-order chi connectivity index (χ0) is 24.4. The third kappa shape index (κ3) is 4.40. The van der Waals surface area contributed by atoms with Gasteiger partial charge < -0.3 is 19.8 Å². The molecule has 4 aromatic rings. The van der Waals surface area contributed by atoms with E-state index in [1.807, 2.05) is 35.9 Å². The maximum absolute atomic E-state index is 12.8. The standard InChI is InChI=1S/C25H32N8O2/c1-3-4-5-8-13-26-24(34)23-30-20-21(31(23)2)27-16-28-22(20)32-14-11-17(12-15-32)33-19-10-7-6-9-18(19)29-25(33)35/h6-7,9-10,16-17H,3-5,8,11-15H2,1-2H3,(H,26,34)(H,29,35). The van der Waals surface area contributed by atoms with Gasteiger partial charge in [0.15, 0.2) is 17.0 Å². The number of nitrogens with zero attached hydrogens (tertiary/aromatic N) is 6. The van der Waals surface area contributed by atoms with Gasteiger partial charge in [0.2, 0.25) is 5.82 Å². The van der Waals surface area contributed by atoms with Crippen molar-refractivity contribution in [2.24, 2.45) is 7.05 Å². The van der Waals surface area contributed by atoms with E-state index >= 15 is 0 Å². The number of carbonyl (C=O) groups excluding carboxylic acids is 1. The molecule has 1 aromatic carbocycles. The molecule has 0 bridgehead atoms. The molecule has 0 unspecified atom stereocenters. The Morgan fingerprint density at radius 2 is 1.94 bits per heavy atom. The normalized spacial score (nSPS) is 14.7. The van der Waals surface area contributed by atoms with E-state index in [9.17, 15) is 9.59 Å². The molecule has 0 spiro atoms. The van der Waals surface area contributed by atoms with Gasteiger partial charge >= 0.3 is 5.69 Å². The largest absolute Gasteiger partial charge is 0.355 e. The number of piperidine rings is 1. The van der Waals surface area contributed by atoms with Crippen LogP contribution in [0.25, 0.3) is 22.2 Å². The number of fused-ring (bicyclic) bond motifs is 2. The van der Waals surface area contributed by atoms with Crippen LogP contribution in [0.15, 0.2) is 35.4 Å². The molecule has 184 valence electrons. The molecule has 1 fully saturated rings. The summed E-state index contributed by atoms with van der Waals surface area (Å²) in [5.41, 5.74) is 3.01. The molecule has 2 N–H and O–H groups in total. The van der Waals surface area contributed by atoms with Crippen molar-refractivity contribution in [1.29, 1.82) is 0 Å². The van der Waals surface area contributed by atoms with Crippen LogP contribution in [0.1, 0.15) is 62.1 Å². The van der Waals surface area contributed by atoms with Gasteiger partial charge in [-0.2, -0.15) is 0 Å². The number of aromatic amines is 1. The van der Waals surface area contributed by atoms with E-state index in [0.717, 1.165) is 62.0 Å². The van der Waals surface area contributed by atoms with Crippen LogP contribution in [0.5, 0.6) is 0 Å². The number of rotatable bonds is 8. The monoisotopic (exact) mass is 476 g/mol. The molecular weight excluding hydrogens is 444 g/mol. The molecule has 0 radical (unpaired) electrons. The average Bonchev–Trinajstić information content (AvgIpc) is 3.40. The Bertz CT molecular complexity index is 1390. The van der Waals surface area contributed by atoms with E-state index in [0.29, 0.717) is 23.5 Å². The minimum Gasteiger partial charge on any atom is -0.355 e. The van der Waals surface area contributed by atoms with Crippen molar-refractivity contribution < 1.29 is 4.79 Å². The van der Waals surface area contributed by atoms with E-state index in [-0.39, 0.29) is 17.6 Å². The first-order valence-electron chi connectivity index (χ1n) is 12.5. The van der Waals surface area contributed by atoms with Crippen molar-refractivity contribution >= 4 is 33.9 Å². The summed E-state index contributed by atoms with van der Waals surface area (Å²) in [7, 11) is 1.81. The summed E-state index contributed by atoms with van der Waals surface area (Å²) in [4.78, 5) is 44.1. The van der Waals surface area contributed by atoms with Crippen LogP contribution < -0.4 is 15.9 Å². The molecule has 1 aliphatic rings. The minimum absolute atomic E-state index is 0.0656. The topological polar surface area (TPSA) is 114 Å². The number of aryl methyl sites for hydroxylation is 1. The molecule has 1 saturated heterocycles. The molecule has 1 aliphatic heterocycles. The predicted octanol–water partition coefficient (Wildman–Crippen LogP) is 3.16. The fourth-order valence-electron chi connectivity index (χ4n) is 5.03. The fourth-order valence-corrected chi connectivity index (χ4v) is 5.03. The molecule has 35 heavy (non-hydrogen) atoms. The number of amides is 1. The summed E-state index contributed by atoms with van der Waals surface area (Å²) in [5, 5.41) is 2.98. The van der Waals surface area contributed by atoms with Crippen LogP contribution in [-0.2, 0) is 7.05 Å². The molecule has 10 nitrogen and oxygen atoms in total. The third-order valence-electron chi connectivity index (χ3n) is 6.91. The van der Waals surface area contributed by atoms with Crippen molar-refractivity contribution in [3.8, 4) is 0 Å². The lowest BCUT2D eigenvalue weighted by atomic mass is 10.0. The Kier molecular flexibility index (Phi) is 6.52.